The average Bonchev–Trinajstić information content (AvgIpc) is 2.77. The van der Waals surface area contributed by atoms with Gasteiger partial charge in [0.05, 0.1) is 23.8 Å². The van der Waals surface area contributed by atoms with Gasteiger partial charge < -0.3 is 20.1 Å². The Morgan fingerprint density at radius 2 is 1.79 bits per heavy atom. The molecule has 1 amide bonds. The molecule has 4 rings (SSSR count). The molecular weight excluding hydrogens is 414 g/mol. The number of nitrogens with zero attached hydrogens (tertiary/aromatic N) is 1. The minimum Gasteiger partial charge on any atom is -0.496 e. The maximum Gasteiger partial charge on any atom is 0.407 e. The third kappa shape index (κ3) is 5.00. The number of methoxy groups -OCH3 is 1. The van der Waals surface area contributed by atoms with Crippen molar-refractivity contribution in [3.8, 4) is 5.75 Å². The van der Waals surface area contributed by atoms with Crippen LogP contribution in [0.5, 0.6) is 5.75 Å². The van der Waals surface area contributed by atoms with Crippen LogP contribution in [-0.2, 0) is 11.3 Å². The largest absolute Gasteiger partial charge is 0.496 e. The van der Waals surface area contributed by atoms with Crippen molar-refractivity contribution < 1.29 is 14.3 Å². The lowest BCUT2D eigenvalue weighted by atomic mass is 10.0. The molecule has 1 heterocycles. The summed E-state index contributed by atoms with van der Waals surface area (Å²) < 4.78 is 10.9. The molecule has 6 heteroatoms. The van der Waals surface area contributed by atoms with Crippen LogP contribution < -0.4 is 15.4 Å². The molecule has 0 aliphatic carbocycles. The van der Waals surface area contributed by atoms with Crippen molar-refractivity contribution in [3.05, 3.63) is 71.3 Å². The van der Waals surface area contributed by atoms with Crippen LogP contribution in [0.4, 0.5) is 16.2 Å². The Kier molecular flexibility index (Phi) is 6.36. The van der Waals surface area contributed by atoms with E-state index in [2.05, 4.69) is 35.8 Å². The van der Waals surface area contributed by atoms with Crippen LogP contribution >= 0.6 is 0 Å². The normalized spacial score (nSPS) is 11.1. The topological polar surface area (TPSA) is 72.5 Å². The molecule has 3 aromatic carbocycles. The van der Waals surface area contributed by atoms with Crippen LogP contribution in [0.15, 0.2) is 54.6 Å². The number of ether oxygens (including phenoxy) is 2. The van der Waals surface area contributed by atoms with Crippen molar-refractivity contribution >= 4 is 39.3 Å². The lowest BCUT2D eigenvalue weighted by Gasteiger charge is -2.16. The van der Waals surface area contributed by atoms with E-state index >= 15 is 0 Å². The number of nitrogens with one attached hydrogen (secondary N) is 2. The second-order valence-electron chi connectivity index (χ2n) is 8.55. The van der Waals surface area contributed by atoms with Crippen molar-refractivity contribution in [2.75, 3.05) is 12.4 Å². The first-order chi connectivity index (χ1) is 15.8. The first-order valence-corrected chi connectivity index (χ1v) is 11.0. The van der Waals surface area contributed by atoms with Gasteiger partial charge >= 0.3 is 6.09 Å². The van der Waals surface area contributed by atoms with E-state index in [9.17, 15) is 4.79 Å². The summed E-state index contributed by atoms with van der Waals surface area (Å²) in [6, 6.07) is 18.2. The lowest BCUT2D eigenvalue weighted by molar-refractivity contribution is 0.137. The number of aromatic nitrogens is 1. The SMILES string of the molecule is COc1cc2c(Nc3cccc(COC(=O)NC(C)C)c3)c3cc(C)ccc3nc2cc1C. The number of pyridine rings is 1. The third-order valence-corrected chi connectivity index (χ3v) is 5.42. The van der Waals surface area contributed by atoms with Crippen LogP contribution in [0.25, 0.3) is 21.8 Å². The Morgan fingerprint density at radius 1 is 1.00 bits per heavy atom. The van der Waals surface area contributed by atoms with Crippen molar-refractivity contribution in [3.63, 3.8) is 0 Å². The molecule has 33 heavy (non-hydrogen) atoms. The molecule has 0 bridgehead atoms. The highest BCUT2D eigenvalue weighted by atomic mass is 16.5. The zero-order valence-corrected chi connectivity index (χ0v) is 19.7. The van der Waals surface area contributed by atoms with Crippen LogP contribution in [0.1, 0.15) is 30.5 Å². The van der Waals surface area contributed by atoms with Crippen LogP contribution in [0.3, 0.4) is 0 Å². The average molecular weight is 444 g/mol. The quantitative estimate of drug-likeness (QED) is 0.338. The minimum atomic E-state index is -0.424. The van der Waals surface area contributed by atoms with E-state index in [1.165, 1.54) is 0 Å². The molecule has 0 unspecified atom stereocenters. The van der Waals surface area contributed by atoms with E-state index in [-0.39, 0.29) is 12.6 Å². The molecule has 0 saturated heterocycles. The van der Waals surface area contributed by atoms with Crippen molar-refractivity contribution in [2.24, 2.45) is 0 Å². The Hall–Kier alpha value is -3.80. The van der Waals surface area contributed by atoms with Crippen LogP contribution in [0.2, 0.25) is 0 Å². The number of benzene rings is 3. The highest BCUT2D eigenvalue weighted by Crippen LogP contribution is 2.37. The number of carbonyl (C=O) groups excluding carboxylic acids is 1. The van der Waals surface area contributed by atoms with Gasteiger partial charge in [-0.05, 0) is 75.2 Å². The molecule has 0 fully saturated rings. The Morgan fingerprint density at radius 3 is 2.55 bits per heavy atom. The predicted octanol–water partition coefficient (Wildman–Crippen LogP) is 6.39. The highest BCUT2D eigenvalue weighted by Gasteiger charge is 2.13. The van der Waals surface area contributed by atoms with Gasteiger partial charge in [0, 0.05) is 22.5 Å². The molecule has 0 atom stereocenters. The molecule has 4 aromatic rings. The number of hydrogen-bond acceptors (Lipinski definition) is 5. The molecule has 1 aromatic heterocycles. The summed E-state index contributed by atoms with van der Waals surface area (Å²) in [5.41, 5.74) is 6.77. The van der Waals surface area contributed by atoms with E-state index in [1.54, 1.807) is 7.11 Å². The van der Waals surface area contributed by atoms with Crippen molar-refractivity contribution in [1.29, 1.82) is 0 Å². The number of aryl methyl sites for hydroxylation is 2. The lowest BCUT2D eigenvalue weighted by Crippen LogP contribution is -2.30. The number of hydrogen-bond donors (Lipinski definition) is 2. The number of amides is 1. The Balaban J connectivity index is 1.74. The molecule has 6 nitrogen and oxygen atoms in total. The number of anilines is 2. The zero-order chi connectivity index (χ0) is 23.5. The smallest absolute Gasteiger partial charge is 0.407 e. The molecule has 0 radical (unpaired) electrons. The van der Waals surface area contributed by atoms with Gasteiger partial charge in [0.1, 0.15) is 12.4 Å². The van der Waals surface area contributed by atoms with Gasteiger partial charge in [0.15, 0.2) is 0 Å². The first kappa shape index (κ1) is 22.4. The fourth-order valence-electron chi connectivity index (χ4n) is 3.85. The van der Waals surface area contributed by atoms with E-state index in [0.29, 0.717) is 0 Å². The standard InChI is InChI=1S/C27H29N3O3/c1-16(2)28-27(31)33-15-19-7-6-8-20(13-19)29-26-21-11-17(3)9-10-23(21)30-24-12-18(4)25(32-5)14-22(24)26/h6-14,16H,15H2,1-5H3,(H,28,31)(H,29,30). The van der Waals surface area contributed by atoms with E-state index < -0.39 is 6.09 Å². The fraction of sp³-hybridized carbons (Fsp3) is 0.259. The maximum atomic E-state index is 11.8. The van der Waals surface area contributed by atoms with Crippen LogP contribution in [-0.4, -0.2) is 24.2 Å². The second kappa shape index (κ2) is 9.36. The molecule has 0 aliphatic rings. The summed E-state index contributed by atoms with van der Waals surface area (Å²) in [4.78, 5) is 16.7. The Labute approximate surface area is 193 Å². The van der Waals surface area contributed by atoms with Gasteiger partial charge in [-0.2, -0.15) is 0 Å². The monoisotopic (exact) mass is 443 g/mol. The number of carbonyl (C=O) groups is 1. The maximum absolute atomic E-state index is 11.8. The summed E-state index contributed by atoms with van der Waals surface area (Å²) in [7, 11) is 1.68. The molecule has 0 spiro atoms. The molecular formula is C27H29N3O3. The summed E-state index contributed by atoms with van der Waals surface area (Å²) in [5, 5.41) is 8.34. The van der Waals surface area contributed by atoms with Crippen LogP contribution in [0, 0.1) is 13.8 Å². The summed E-state index contributed by atoms with van der Waals surface area (Å²) in [6.45, 7) is 8.08. The summed E-state index contributed by atoms with van der Waals surface area (Å²) >= 11 is 0. The third-order valence-electron chi connectivity index (χ3n) is 5.42. The number of rotatable bonds is 6. The van der Waals surface area contributed by atoms with Gasteiger partial charge in [0.2, 0.25) is 0 Å². The summed E-state index contributed by atoms with van der Waals surface area (Å²) in [6.07, 6.45) is -0.424. The molecule has 170 valence electrons. The van der Waals surface area contributed by atoms with Gasteiger partial charge in [-0.25, -0.2) is 9.78 Å². The molecule has 0 saturated carbocycles. The van der Waals surface area contributed by atoms with Gasteiger partial charge in [-0.1, -0.05) is 23.8 Å². The van der Waals surface area contributed by atoms with Gasteiger partial charge in [0.25, 0.3) is 0 Å². The van der Waals surface area contributed by atoms with Crippen molar-refractivity contribution in [1.82, 2.24) is 10.3 Å². The molecule has 0 aliphatic heterocycles. The fourth-order valence-corrected chi connectivity index (χ4v) is 3.85. The van der Waals surface area contributed by atoms with Crippen molar-refractivity contribution in [2.45, 2.75) is 40.3 Å². The van der Waals surface area contributed by atoms with E-state index in [0.717, 1.165) is 55.6 Å². The Bertz CT molecular complexity index is 1330. The summed E-state index contributed by atoms with van der Waals surface area (Å²) in [5.74, 6) is 0.817. The van der Waals surface area contributed by atoms with E-state index in [4.69, 9.17) is 14.5 Å². The predicted molar refractivity (Wildman–Crippen MR) is 133 cm³/mol. The van der Waals surface area contributed by atoms with E-state index in [1.807, 2.05) is 57.2 Å². The van der Waals surface area contributed by atoms with Gasteiger partial charge in [-0.3, -0.25) is 0 Å². The number of fused-ring (bicyclic) bond motifs is 2. The second-order valence-corrected chi connectivity index (χ2v) is 8.55. The number of alkyl carbamates (subject to hydrolysis) is 1. The van der Waals surface area contributed by atoms with Gasteiger partial charge in [-0.15, -0.1) is 0 Å². The highest BCUT2D eigenvalue weighted by molar-refractivity contribution is 6.09. The first-order valence-electron chi connectivity index (χ1n) is 11.0. The molecule has 2 N–H and O–H groups in total. The zero-order valence-electron chi connectivity index (χ0n) is 19.7. The minimum absolute atomic E-state index is 0.0304.